The zero-order chi connectivity index (χ0) is 40.2. The molecule has 2 aromatic heterocycles. The van der Waals surface area contributed by atoms with Crippen LogP contribution in [0.1, 0.15) is 63.2 Å². The van der Waals surface area contributed by atoms with E-state index in [1.807, 2.05) is 59.3 Å². The van der Waals surface area contributed by atoms with Crippen LogP contribution in [0.5, 0.6) is 0 Å². The molecular weight excluding hydrogens is 725 g/mol. The smallest absolute Gasteiger partial charge is 0.184 e. The highest BCUT2D eigenvalue weighted by Crippen LogP contribution is 2.44. The predicted molar refractivity (Wildman–Crippen MR) is 236 cm³/mol. The van der Waals surface area contributed by atoms with Crippen LogP contribution < -0.4 is 0 Å². The summed E-state index contributed by atoms with van der Waals surface area (Å²) in [4.78, 5) is 18.3. The third-order valence-corrected chi connectivity index (χ3v) is 11.2. The van der Waals surface area contributed by atoms with Gasteiger partial charge in [-0.15, -0.1) is 5.10 Å². The Morgan fingerprint density at radius 2 is 1.27 bits per heavy atom. The van der Waals surface area contributed by atoms with Gasteiger partial charge in [0.1, 0.15) is 17.1 Å². The zero-order valence-corrected chi connectivity index (χ0v) is 32.8. The first-order valence-electron chi connectivity index (χ1n) is 20.0. The molecule has 0 saturated carbocycles. The monoisotopic (exact) mass is 766 g/mol. The Hall–Kier alpha value is -7.51. The van der Waals surface area contributed by atoms with Gasteiger partial charge in [-0.3, -0.25) is 4.79 Å². The number of carbonyl (C=O) groups excluding carboxylic acids is 1. The number of carbonyl (C=O) groups is 1. The zero-order valence-electron chi connectivity index (χ0n) is 32.8. The summed E-state index contributed by atoms with van der Waals surface area (Å²) in [6, 6.07) is 62.4. The molecular formula is C52H42N6O. The minimum absolute atomic E-state index is 0.407. The van der Waals surface area contributed by atoms with Gasteiger partial charge < -0.3 is 4.57 Å². The summed E-state index contributed by atoms with van der Waals surface area (Å²) in [5.41, 5.74) is 8.73. The molecule has 0 radical (unpaired) electrons. The fourth-order valence-corrected chi connectivity index (χ4v) is 8.47. The van der Waals surface area contributed by atoms with Crippen molar-refractivity contribution in [2.45, 2.75) is 31.8 Å². The molecule has 9 rings (SSSR count). The van der Waals surface area contributed by atoms with E-state index in [0.29, 0.717) is 30.2 Å². The van der Waals surface area contributed by atoms with Crippen LogP contribution in [0.2, 0.25) is 0 Å². The molecule has 9 aromatic rings. The van der Waals surface area contributed by atoms with Crippen LogP contribution >= 0.6 is 0 Å². The number of aryl methyl sites for hydroxylation is 1. The van der Waals surface area contributed by atoms with E-state index < -0.39 is 5.54 Å². The summed E-state index contributed by atoms with van der Waals surface area (Å²) in [6.07, 6.45) is 2.49. The number of aldehydes is 1. The molecule has 7 aromatic carbocycles. The van der Waals surface area contributed by atoms with Gasteiger partial charge in [0.05, 0.1) is 5.69 Å². The normalized spacial score (nSPS) is 11.5. The number of hydrogen-bond donors (Lipinski definition) is 0. The molecule has 0 aliphatic heterocycles. The maximum atomic E-state index is 13.2. The lowest BCUT2D eigenvalue weighted by Crippen LogP contribution is -2.39. The molecule has 7 heteroatoms. The van der Waals surface area contributed by atoms with Crippen molar-refractivity contribution in [3.63, 3.8) is 0 Å². The van der Waals surface area contributed by atoms with Crippen molar-refractivity contribution in [1.29, 1.82) is 0 Å². The van der Waals surface area contributed by atoms with Gasteiger partial charge >= 0.3 is 0 Å². The van der Waals surface area contributed by atoms with E-state index in [9.17, 15) is 4.79 Å². The Morgan fingerprint density at radius 1 is 0.678 bits per heavy atom. The lowest BCUT2D eigenvalue weighted by molar-refractivity contribution is 0.111. The molecule has 286 valence electrons. The van der Waals surface area contributed by atoms with Gasteiger partial charge in [0.15, 0.2) is 12.1 Å². The maximum absolute atomic E-state index is 13.2. The lowest BCUT2D eigenvalue weighted by atomic mass is 9.77. The van der Waals surface area contributed by atoms with Gasteiger partial charge in [-0.05, 0) is 72.6 Å². The summed E-state index contributed by atoms with van der Waals surface area (Å²) in [5.74, 6) is 1.43. The summed E-state index contributed by atoms with van der Waals surface area (Å²) in [5, 5.41) is 16.3. The first-order chi connectivity index (χ1) is 29.1. The molecule has 0 saturated heterocycles. The van der Waals surface area contributed by atoms with Gasteiger partial charge in [0.2, 0.25) is 0 Å². The molecule has 0 aliphatic rings. The van der Waals surface area contributed by atoms with Gasteiger partial charge in [-0.25, -0.2) is 9.67 Å². The van der Waals surface area contributed by atoms with E-state index in [-0.39, 0.29) is 0 Å². The van der Waals surface area contributed by atoms with Crippen molar-refractivity contribution < 1.29 is 4.79 Å². The number of benzene rings is 7. The Labute approximate surface area is 344 Å². The summed E-state index contributed by atoms with van der Waals surface area (Å²) in [7, 11) is 0. The van der Waals surface area contributed by atoms with Crippen LogP contribution in [0.3, 0.4) is 0 Å². The standard InChI is InChI=1S/C52H42N6O/c1-3-19-49-53-50(37(2)44-31-18-23-40-22-16-17-30-45(40)44)48(36-59)57(49)35-38-32-33-46(39-20-8-4-9-21-39)47(34-38)51-54-55-56-58(51)52(41-24-10-5-11-25-41,42-26-12-6-13-27-42)43-28-14-7-15-29-43/h4-18,20-34,36H,2-3,19,35H2,1H3. The SMILES string of the molecule is C=C(c1nc(CCC)n(Cc2ccc(-c3ccccc3)c(-c3nnnn3C(c3ccccc3)(c3ccccc3)c3ccccc3)c2)c1C=O)c1cccc2ccccc12. The second kappa shape index (κ2) is 16.2. The number of fused-ring (bicyclic) bond motifs is 1. The maximum Gasteiger partial charge on any atom is 0.184 e. The van der Waals surface area contributed by atoms with Gasteiger partial charge in [-0.2, -0.15) is 0 Å². The van der Waals surface area contributed by atoms with E-state index in [1.165, 1.54) is 0 Å². The van der Waals surface area contributed by atoms with Crippen LogP contribution in [-0.2, 0) is 18.5 Å². The number of rotatable bonds is 13. The Bertz CT molecular complexity index is 2800. The average molecular weight is 767 g/mol. The Balaban J connectivity index is 1.24. The molecule has 0 amide bonds. The number of hydrogen-bond acceptors (Lipinski definition) is 5. The third kappa shape index (κ3) is 6.66. The van der Waals surface area contributed by atoms with Crippen molar-refractivity contribution in [2.75, 3.05) is 0 Å². The van der Waals surface area contributed by atoms with Crippen LogP contribution in [0.15, 0.2) is 189 Å². The number of aromatic nitrogens is 6. The van der Waals surface area contributed by atoms with Crippen LogP contribution in [-0.4, -0.2) is 36.0 Å². The molecule has 0 unspecified atom stereocenters. The van der Waals surface area contributed by atoms with E-state index in [4.69, 9.17) is 15.3 Å². The van der Waals surface area contributed by atoms with Gasteiger partial charge in [0, 0.05) is 24.1 Å². The summed E-state index contributed by atoms with van der Waals surface area (Å²) in [6.45, 7) is 7.05. The molecule has 2 heterocycles. The summed E-state index contributed by atoms with van der Waals surface area (Å²) < 4.78 is 4.02. The molecule has 0 fully saturated rings. The van der Waals surface area contributed by atoms with E-state index in [1.54, 1.807) is 0 Å². The first-order valence-corrected chi connectivity index (χ1v) is 20.0. The molecule has 0 spiro atoms. The Kier molecular flexibility index (Phi) is 10.2. The molecule has 0 aliphatic carbocycles. The predicted octanol–water partition coefficient (Wildman–Crippen LogP) is 11.1. The van der Waals surface area contributed by atoms with E-state index in [2.05, 4.69) is 151 Å². The van der Waals surface area contributed by atoms with Crippen molar-refractivity contribution in [1.82, 2.24) is 29.8 Å². The Morgan fingerprint density at radius 3 is 1.90 bits per heavy atom. The molecule has 7 nitrogen and oxygen atoms in total. The molecule has 0 bridgehead atoms. The quantitative estimate of drug-likeness (QED) is 0.0862. The highest BCUT2D eigenvalue weighted by atomic mass is 16.1. The topological polar surface area (TPSA) is 78.5 Å². The average Bonchev–Trinajstić information content (AvgIpc) is 3.93. The highest BCUT2D eigenvalue weighted by Gasteiger charge is 2.42. The van der Waals surface area contributed by atoms with E-state index >= 15 is 0 Å². The van der Waals surface area contributed by atoms with Crippen molar-refractivity contribution in [2.24, 2.45) is 0 Å². The highest BCUT2D eigenvalue weighted by molar-refractivity contribution is 5.99. The number of imidazole rings is 1. The van der Waals surface area contributed by atoms with Crippen molar-refractivity contribution in [3.8, 4) is 22.5 Å². The molecule has 59 heavy (non-hydrogen) atoms. The largest absolute Gasteiger partial charge is 0.321 e. The minimum Gasteiger partial charge on any atom is -0.321 e. The van der Waals surface area contributed by atoms with Crippen LogP contribution in [0.25, 0.3) is 38.9 Å². The second-order valence-corrected chi connectivity index (χ2v) is 14.7. The van der Waals surface area contributed by atoms with Crippen molar-refractivity contribution >= 4 is 22.6 Å². The van der Waals surface area contributed by atoms with Crippen LogP contribution in [0.4, 0.5) is 0 Å². The first kappa shape index (κ1) is 37.1. The van der Waals surface area contributed by atoms with Crippen molar-refractivity contribution in [3.05, 3.63) is 234 Å². The molecule has 0 atom stereocenters. The lowest BCUT2D eigenvalue weighted by Gasteiger charge is -2.36. The minimum atomic E-state index is -0.938. The number of nitrogens with zero attached hydrogens (tertiary/aromatic N) is 6. The fraction of sp³-hybridized carbons (Fsp3) is 0.0962. The van der Waals surface area contributed by atoms with E-state index in [0.717, 1.165) is 79.4 Å². The van der Waals surface area contributed by atoms with Gasteiger partial charge in [-0.1, -0.05) is 189 Å². The fourth-order valence-electron chi connectivity index (χ4n) is 8.47. The van der Waals surface area contributed by atoms with Gasteiger partial charge in [0.25, 0.3) is 0 Å². The number of tetrazole rings is 1. The van der Waals surface area contributed by atoms with Crippen LogP contribution in [0, 0.1) is 0 Å². The molecule has 0 N–H and O–H groups in total. The second-order valence-electron chi connectivity index (χ2n) is 14.7. The third-order valence-electron chi connectivity index (χ3n) is 11.2. The summed E-state index contributed by atoms with van der Waals surface area (Å²) >= 11 is 0.